The lowest BCUT2D eigenvalue weighted by Crippen LogP contribution is -2.54. The smallest absolute Gasteiger partial charge is 0.297 e. The standard InChI is InChI=1S/C48H56N8O8S/c1-31(2)38-6-3-4-7-39(38)41-8-5-15-55(41)35-26-48(27-35)12-16-54(17-13-48)34-9-10-40(43(23-34)64-36-22-32-11-14-49-46(32)50-28-36)47(57)52-65(60,61)37-24-42(56(58)59)45-44(25-37)63-30-33(51-45)29-53-18-20-62-21-19-53/h3-4,6-7,9-11,14,22-25,28,31,33,35,41,51H,5,8,12-13,15-21,26-27,29-30H2,1-2H3,(H,49,50)(H,52,57)/t33-,41+/m1/s1. The van der Waals surface area contributed by atoms with Gasteiger partial charge in [-0.1, -0.05) is 38.1 Å². The fourth-order valence-corrected chi connectivity index (χ4v) is 11.8. The average molecular weight is 905 g/mol. The van der Waals surface area contributed by atoms with Crippen LogP contribution >= 0.6 is 0 Å². The van der Waals surface area contributed by atoms with Gasteiger partial charge in [0, 0.05) is 80.3 Å². The fraction of sp³-hybridized carbons (Fsp3) is 0.458. The molecule has 4 aliphatic heterocycles. The van der Waals surface area contributed by atoms with Gasteiger partial charge in [-0.3, -0.25) is 24.7 Å². The van der Waals surface area contributed by atoms with Gasteiger partial charge in [0.15, 0.2) is 11.4 Å². The maximum atomic E-state index is 14.1. The molecular weight excluding hydrogens is 849 g/mol. The Kier molecular flexibility index (Phi) is 11.7. The number of nitrogens with one attached hydrogen (secondary N) is 3. The van der Waals surface area contributed by atoms with E-state index in [0.29, 0.717) is 54.6 Å². The molecule has 3 saturated heterocycles. The molecule has 1 spiro atoms. The van der Waals surface area contributed by atoms with Crippen LogP contribution < -0.4 is 24.4 Å². The van der Waals surface area contributed by atoms with Gasteiger partial charge in [0.1, 0.15) is 23.8 Å². The average Bonchev–Trinajstić information content (AvgIpc) is 3.98. The second kappa shape index (κ2) is 17.6. The summed E-state index contributed by atoms with van der Waals surface area (Å²) in [4.78, 5) is 40.0. The van der Waals surface area contributed by atoms with Crippen molar-refractivity contribution in [1.29, 1.82) is 0 Å². The number of H-pyrrole nitrogens is 1. The molecule has 2 aromatic heterocycles. The Morgan fingerprint density at radius 1 is 1.03 bits per heavy atom. The zero-order valence-electron chi connectivity index (χ0n) is 36.8. The van der Waals surface area contributed by atoms with E-state index in [2.05, 4.69) is 72.8 Å². The number of benzene rings is 3. The normalized spacial score (nSPS) is 21.4. The molecule has 0 unspecified atom stereocenters. The predicted molar refractivity (Wildman–Crippen MR) is 247 cm³/mol. The Morgan fingerprint density at radius 2 is 1.83 bits per heavy atom. The van der Waals surface area contributed by atoms with Crippen LogP contribution in [-0.2, 0) is 14.8 Å². The second-order valence-electron chi connectivity index (χ2n) is 18.7. The number of amides is 1. The lowest BCUT2D eigenvalue weighted by Gasteiger charge is -2.56. The Morgan fingerprint density at radius 3 is 2.62 bits per heavy atom. The zero-order valence-corrected chi connectivity index (χ0v) is 37.6. The van der Waals surface area contributed by atoms with Gasteiger partial charge in [0.25, 0.3) is 21.6 Å². The van der Waals surface area contributed by atoms with Crippen molar-refractivity contribution in [2.45, 2.75) is 81.3 Å². The van der Waals surface area contributed by atoms with Crippen molar-refractivity contribution in [3.8, 4) is 17.2 Å². The molecule has 1 saturated carbocycles. The molecule has 342 valence electrons. The Bertz CT molecular complexity index is 2700. The molecule has 1 amide bonds. The van der Waals surface area contributed by atoms with Crippen molar-refractivity contribution < 1.29 is 32.3 Å². The molecule has 4 fully saturated rings. The number of sulfonamides is 1. The molecule has 0 bridgehead atoms. The molecule has 65 heavy (non-hydrogen) atoms. The van der Waals surface area contributed by atoms with E-state index in [-0.39, 0.29) is 35.4 Å². The zero-order chi connectivity index (χ0) is 44.9. The highest BCUT2D eigenvalue weighted by Crippen LogP contribution is 2.54. The van der Waals surface area contributed by atoms with Gasteiger partial charge in [0.2, 0.25) is 0 Å². The fourth-order valence-electron chi connectivity index (χ4n) is 10.8. The Balaban J connectivity index is 0.853. The topological polar surface area (TPSA) is 184 Å². The molecule has 3 aromatic carbocycles. The SMILES string of the molecule is CC(C)c1ccccc1[C@@H]1CCCN1C1CC2(CCN(c3ccc(C(=O)NS(=O)(=O)c4cc5c(c([N+](=O)[O-])c4)N[C@H](CN4CCOCC4)CO5)c(Oc4cnc5[nH]ccc5c4)c3)CC2)C1. The molecule has 6 heterocycles. The largest absolute Gasteiger partial charge is 0.489 e. The maximum absolute atomic E-state index is 14.1. The number of aromatic amines is 1. The van der Waals surface area contributed by atoms with E-state index in [1.807, 2.05) is 12.1 Å². The summed E-state index contributed by atoms with van der Waals surface area (Å²) < 4.78 is 47.7. The predicted octanol–water partition coefficient (Wildman–Crippen LogP) is 7.60. The number of nitro benzene ring substituents is 1. The molecule has 1 aliphatic carbocycles. The van der Waals surface area contributed by atoms with Gasteiger partial charge < -0.3 is 29.4 Å². The molecule has 2 atom stereocenters. The van der Waals surface area contributed by atoms with Crippen LogP contribution in [0.2, 0.25) is 0 Å². The van der Waals surface area contributed by atoms with Gasteiger partial charge >= 0.3 is 0 Å². The van der Waals surface area contributed by atoms with Crippen LogP contribution in [0.5, 0.6) is 17.2 Å². The summed E-state index contributed by atoms with van der Waals surface area (Å²) in [5.41, 5.74) is 4.37. The number of pyridine rings is 1. The third kappa shape index (κ3) is 8.74. The lowest BCUT2D eigenvalue weighted by atomic mass is 9.59. The third-order valence-electron chi connectivity index (χ3n) is 14.2. The Hall–Kier alpha value is -5.75. The van der Waals surface area contributed by atoms with Gasteiger partial charge in [0.05, 0.1) is 40.8 Å². The van der Waals surface area contributed by atoms with Crippen molar-refractivity contribution in [3.05, 3.63) is 106 Å². The number of nitro groups is 1. The molecule has 3 N–H and O–H groups in total. The van der Waals surface area contributed by atoms with Crippen LogP contribution in [0.15, 0.2) is 84.0 Å². The number of morpholine rings is 1. The third-order valence-corrected chi connectivity index (χ3v) is 15.5. The van der Waals surface area contributed by atoms with E-state index in [1.54, 1.807) is 30.6 Å². The summed E-state index contributed by atoms with van der Waals surface area (Å²) in [6.45, 7) is 10.8. The van der Waals surface area contributed by atoms with Crippen molar-refractivity contribution in [1.82, 2.24) is 24.5 Å². The summed E-state index contributed by atoms with van der Waals surface area (Å²) in [7, 11) is -4.64. The molecule has 5 aromatic rings. The highest BCUT2D eigenvalue weighted by molar-refractivity contribution is 7.90. The maximum Gasteiger partial charge on any atom is 0.297 e. The van der Waals surface area contributed by atoms with Gasteiger partial charge in [-0.25, -0.2) is 18.1 Å². The first-order chi connectivity index (χ1) is 31.4. The van der Waals surface area contributed by atoms with E-state index in [9.17, 15) is 23.3 Å². The van der Waals surface area contributed by atoms with Crippen molar-refractivity contribution in [2.75, 3.05) is 69.3 Å². The second-order valence-corrected chi connectivity index (χ2v) is 20.4. The highest BCUT2D eigenvalue weighted by atomic mass is 32.2. The number of carbonyl (C=O) groups excluding carboxylic acids is 1. The summed E-state index contributed by atoms with van der Waals surface area (Å²) in [5, 5.41) is 16.3. The van der Waals surface area contributed by atoms with Crippen LogP contribution in [0, 0.1) is 15.5 Å². The quantitative estimate of drug-likeness (QED) is 0.0823. The number of nitrogens with zero attached hydrogens (tertiary/aromatic N) is 5. The minimum atomic E-state index is -4.64. The Labute approximate surface area is 378 Å². The number of anilines is 2. The molecule has 5 aliphatic rings. The minimum absolute atomic E-state index is 0.0136. The van der Waals surface area contributed by atoms with E-state index < -0.39 is 31.4 Å². The number of hydrogen-bond donors (Lipinski definition) is 3. The first kappa shape index (κ1) is 43.2. The van der Waals surface area contributed by atoms with Crippen molar-refractivity contribution in [3.63, 3.8) is 0 Å². The van der Waals surface area contributed by atoms with E-state index in [0.717, 1.165) is 62.7 Å². The first-order valence-corrected chi connectivity index (χ1v) is 24.3. The first-order valence-electron chi connectivity index (χ1n) is 22.9. The lowest BCUT2D eigenvalue weighted by molar-refractivity contribution is -0.384. The number of hydrogen-bond acceptors (Lipinski definition) is 13. The highest BCUT2D eigenvalue weighted by Gasteiger charge is 2.50. The van der Waals surface area contributed by atoms with Crippen LogP contribution in [0.3, 0.4) is 0 Å². The van der Waals surface area contributed by atoms with Crippen LogP contribution in [0.25, 0.3) is 11.0 Å². The number of fused-ring (bicyclic) bond motifs is 2. The number of rotatable bonds is 12. The number of carbonyl (C=O) groups is 1. The number of likely N-dealkylation sites (tertiary alicyclic amines) is 1. The summed E-state index contributed by atoms with van der Waals surface area (Å²) in [6.07, 6.45) is 10.2. The molecule has 10 rings (SSSR count). The van der Waals surface area contributed by atoms with E-state index >= 15 is 0 Å². The minimum Gasteiger partial charge on any atom is -0.489 e. The number of piperidine rings is 1. The summed E-state index contributed by atoms with van der Waals surface area (Å²) in [5.74, 6) is 0.0588. The van der Waals surface area contributed by atoms with Crippen LogP contribution in [-0.4, -0.2) is 110 Å². The number of aromatic nitrogens is 2. The van der Waals surface area contributed by atoms with E-state index in [1.165, 1.54) is 42.9 Å². The summed E-state index contributed by atoms with van der Waals surface area (Å²) in [6, 6.07) is 20.8. The monoisotopic (exact) mass is 904 g/mol. The van der Waals surface area contributed by atoms with Crippen molar-refractivity contribution in [2.24, 2.45) is 5.41 Å². The molecule has 16 nitrogen and oxygen atoms in total. The summed E-state index contributed by atoms with van der Waals surface area (Å²) >= 11 is 0. The molecular formula is C48H56N8O8S. The van der Waals surface area contributed by atoms with Crippen LogP contribution in [0.1, 0.15) is 85.8 Å². The van der Waals surface area contributed by atoms with Gasteiger partial charge in [-0.15, -0.1) is 0 Å². The molecule has 17 heteroatoms. The van der Waals surface area contributed by atoms with Gasteiger partial charge in [-0.2, -0.15) is 0 Å². The van der Waals surface area contributed by atoms with Gasteiger partial charge in [-0.05, 0) is 91.8 Å². The molecule has 0 radical (unpaired) electrons. The van der Waals surface area contributed by atoms with Crippen LogP contribution in [0.4, 0.5) is 17.1 Å². The van der Waals surface area contributed by atoms with E-state index in [4.69, 9.17) is 14.2 Å². The number of ether oxygens (including phenoxy) is 3. The van der Waals surface area contributed by atoms with Crippen molar-refractivity contribution >= 4 is 44.0 Å².